The molecule has 0 saturated carbocycles. The monoisotopic (exact) mass is 212 g/mol. The zero-order valence-corrected chi connectivity index (χ0v) is 10.0. The highest BCUT2D eigenvalue weighted by Gasteiger charge is 2.19. The molecule has 1 amide bonds. The van der Waals surface area contributed by atoms with E-state index in [1.807, 2.05) is 0 Å². The third-order valence-corrected chi connectivity index (χ3v) is 2.88. The van der Waals surface area contributed by atoms with Crippen molar-refractivity contribution in [2.24, 2.45) is 5.92 Å². The minimum atomic E-state index is 0.0674. The summed E-state index contributed by atoms with van der Waals surface area (Å²) in [6.07, 6.45) is 5.67. The molecule has 0 aromatic carbocycles. The van der Waals surface area contributed by atoms with Crippen molar-refractivity contribution in [3.63, 3.8) is 0 Å². The lowest BCUT2D eigenvalue weighted by molar-refractivity contribution is -0.123. The summed E-state index contributed by atoms with van der Waals surface area (Å²) < 4.78 is 0. The largest absolute Gasteiger partial charge is 0.355 e. The normalized spacial score (nSPS) is 21.7. The summed E-state index contributed by atoms with van der Waals surface area (Å²) in [5.41, 5.74) is 0. The second kappa shape index (κ2) is 6.83. The van der Waals surface area contributed by atoms with Crippen molar-refractivity contribution >= 4 is 5.91 Å². The average Bonchev–Trinajstić information content (AvgIpc) is 2.25. The molecule has 0 bridgehead atoms. The second-order valence-corrected chi connectivity index (χ2v) is 4.83. The van der Waals surface area contributed by atoms with Crippen molar-refractivity contribution in [3.8, 4) is 0 Å². The molecule has 1 heterocycles. The molecule has 3 nitrogen and oxygen atoms in total. The molecule has 1 aliphatic heterocycles. The third kappa shape index (κ3) is 5.17. The van der Waals surface area contributed by atoms with Crippen LogP contribution in [0.5, 0.6) is 0 Å². The molecule has 1 saturated heterocycles. The fraction of sp³-hybridized carbons (Fsp3) is 0.917. The van der Waals surface area contributed by atoms with Crippen LogP contribution in [0, 0.1) is 5.92 Å². The van der Waals surface area contributed by atoms with Gasteiger partial charge in [-0.25, -0.2) is 0 Å². The first-order chi connectivity index (χ1) is 7.20. The van der Waals surface area contributed by atoms with Crippen LogP contribution in [-0.2, 0) is 4.79 Å². The van der Waals surface area contributed by atoms with E-state index in [-0.39, 0.29) is 11.9 Å². The Morgan fingerprint density at radius 1 is 1.47 bits per heavy atom. The lowest BCUT2D eigenvalue weighted by Crippen LogP contribution is -2.46. The van der Waals surface area contributed by atoms with Crippen molar-refractivity contribution in [2.75, 3.05) is 13.1 Å². The molecule has 88 valence electrons. The summed E-state index contributed by atoms with van der Waals surface area (Å²) in [4.78, 5) is 11.7. The van der Waals surface area contributed by atoms with E-state index in [1.165, 1.54) is 19.3 Å². The Morgan fingerprint density at radius 3 is 2.87 bits per heavy atom. The Morgan fingerprint density at radius 2 is 2.27 bits per heavy atom. The van der Waals surface area contributed by atoms with Crippen molar-refractivity contribution in [3.05, 3.63) is 0 Å². The van der Waals surface area contributed by atoms with Gasteiger partial charge < -0.3 is 10.6 Å². The van der Waals surface area contributed by atoms with E-state index in [9.17, 15) is 4.79 Å². The topological polar surface area (TPSA) is 41.1 Å². The van der Waals surface area contributed by atoms with Gasteiger partial charge in [-0.2, -0.15) is 0 Å². The number of nitrogens with one attached hydrogen (secondary N) is 2. The molecule has 3 heteroatoms. The van der Waals surface area contributed by atoms with Gasteiger partial charge in [0.1, 0.15) is 0 Å². The van der Waals surface area contributed by atoms with Gasteiger partial charge in [0, 0.05) is 6.54 Å². The van der Waals surface area contributed by atoms with Crippen LogP contribution in [0.25, 0.3) is 0 Å². The minimum Gasteiger partial charge on any atom is -0.355 e. The quantitative estimate of drug-likeness (QED) is 0.681. The molecule has 15 heavy (non-hydrogen) atoms. The molecular formula is C12H24N2O. The summed E-state index contributed by atoms with van der Waals surface area (Å²) >= 11 is 0. The van der Waals surface area contributed by atoms with Gasteiger partial charge in [-0.15, -0.1) is 0 Å². The van der Waals surface area contributed by atoms with Crippen molar-refractivity contribution < 1.29 is 4.79 Å². The Bertz CT molecular complexity index is 186. The number of rotatable bonds is 5. The summed E-state index contributed by atoms with van der Waals surface area (Å²) in [5, 5.41) is 6.26. The summed E-state index contributed by atoms with van der Waals surface area (Å²) in [6, 6.07) is 0.0674. The van der Waals surface area contributed by atoms with E-state index in [4.69, 9.17) is 0 Å². The first-order valence-electron chi connectivity index (χ1n) is 6.21. The average molecular weight is 212 g/mol. The zero-order chi connectivity index (χ0) is 11.1. The Hall–Kier alpha value is -0.570. The van der Waals surface area contributed by atoms with Crippen molar-refractivity contribution in [2.45, 2.75) is 52.0 Å². The molecule has 0 radical (unpaired) electrons. The summed E-state index contributed by atoms with van der Waals surface area (Å²) in [7, 11) is 0. The van der Waals surface area contributed by atoms with Crippen LogP contribution in [0.2, 0.25) is 0 Å². The zero-order valence-electron chi connectivity index (χ0n) is 10.0. The highest BCUT2D eigenvalue weighted by Crippen LogP contribution is 2.07. The van der Waals surface area contributed by atoms with E-state index >= 15 is 0 Å². The van der Waals surface area contributed by atoms with Gasteiger partial charge >= 0.3 is 0 Å². The molecule has 0 aromatic heterocycles. The number of piperidine rings is 1. The van der Waals surface area contributed by atoms with Gasteiger partial charge in [-0.3, -0.25) is 4.79 Å². The molecule has 1 aliphatic rings. The maximum absolute atomic E-state index is 11.7. The Balaban J connectivity index is 2.07. The van der Waals surface area contributed by atoms with Crippen molar-refractivity contribution in [1.82, 2.24) is 10.6 Å². The van der Waals surface area contributed by atoms with Gasteiger partial charge in [0.05, 0.1) is 6.04 Å². The highest BCUT2D eigenvalue weighted by molar-refractivity contribution is 5.81. The first kappa shape index (κ1) is 12.5. The molecular weight excluding hydrogens is 188 g/mol. The Labute approximate surface area is 93.0 Å². The van der Waals surface area contributed by atoms with Gasteiger partial charge in [0.2, 0.25) is 5.91 Å². The fourth-order valence-corrected chi connectivity index (χ4v) is 1.92. The van der Waals surface area contributed by atoms with Crippen LogP contribution in [0.15, 0.2) is 0 Å². The predicted octanol–water partition coefficient (Wildman–Crippen LogP) is 1.68. The number of amides is 1. The van der Waals surface area contributed by atoms with Gasteiger partial charge in [-0.05, 0) is 38.1 Å². The van der Waals surface area contributed by atoms with Crippen LogP contribution in [0.3, 0.4) is 0 Å². The lowest BCUT2D eigenvalue weighted by Gasteiger charge is -2.22. The van der Waals surface area contributed by atoms with Gasteiger partial charge in [-0.1, -0.05) is 20.3 Å². The smallest absolute Gasteiger partial charge is 0.237 e. The van der Waals surface area contributed by atoms with E-state index in [2.05, 4.69) is 24.5 Å². The Kier molecular flexibility index (Phi) is 5.69. The van der Waals surface area contributed by atoms with Crippen LogP contribution < -0.4 is 10.6 Å². The SMILES string of the molecule is CC(C)CCCNC(=O)[C@H]1CCCCN1. The first-order valence-corrected chi connectivity index (χ1v) is 6.21. The van der Waals surface area contributed by atoms with E-state index in [0.717, 1.165) is 31.8 Å². The van der Waals surface area contributed by atoms with Crippen molar-refractivity contribution in [1.29, 1.82) is 0 Å². The van der Waals surface area contributed by atoms with Gasteiger partial charge in [0.25, 0.3) is 0 Å². The number of carbonyl (C=O) groups excluding carboxylic acids is 1. The summed E-state index contributed by atoms with van der Waals surface area (Å²) in [5.74, 6) is 0.924. The van der Waals surface area contributed by atoms with Gasteiger partial charge in [0.15, 0.2) is 0 Å². The lowest BCUT2D eigenvalue weighted by atomic mass is 10.0. The third-order valence-electron chi connectivity index (χ3n) is 2.88. The summed E-state index contributed by atoms with van der Waals surface area (Å²) in [6.45, 7) is 6.24. The standard InChI is InChI=1S/C12H24N2O/c1-10(2)6-5-9-14-12(15)11-7-3-4-8-13-11/h10-11,13H,3-9H2,1-2H3,(H,14,15)/t11-/m1/s1. The molecule has 0 unspecified atom stereocenters. The molecule has 1 atom stereocenters. The second-order valence-electron chi connectivity index (χ2n) is 4.83. The number of hydrogen-bond acceptors (Lipinski definition) is 2. The van der Waals surface area contributed by atoms with E-state index in [1.54, 1.807) is 0 Å². The van der Waals surface area contributed by atoms with Crippen LogP contribution in [0.1, 0.15) is 46.0 Å². The van der Waals surface area contributed by atoms with E-state index in [0.29, 0.717) is 0 Å². The maximum atomic E-state index is 11.7. The molecule has 2 N–H and O–H groups in total. The van der Waals surface area contributed by atoms with Crippen LogP contribution in [-0.4, -0.2) is 25.0 Å². The molecule has 1 rings (SSSR count). The van der Waals surface area contributed by atoms with Crippen LogP contribution in [0.4, 0.5) is 0 Å². The van der Waals surface area contributed by atoms with E-state index < -0.39 is 0 Å². The molecule has 0 aromatic rings. The predicted molar refractivity (Wildman–Crippen MR) is 62.7 cm³/mol. The molecule has 0 spiro atoms. The molecule has 0 aliphatic carbocycles. The maximum Gasteiger partial charge on any atom is 0.237 e. The highest BCUT2D eigenvalue weighted by atomic mass is 16.2. The number of hydrogen-bond donors (Lipinski definition) is 2. The fourth-order valence-electron chi connectivity index (χ4n) is 1.92. The minimum absolute atomic E-state index is 0.0674. The number of carbonyl (C=O) groups is 1. The van der Waals surface area contributed by atoms with Crippen LogP contribution >= 0.6 is 0 Å². The molecule has 1 fully saturated rings.